The molecule has 1 atom stereocenters. The van der Waals surface area contributed by atoms with Crippen LogP contribution >= 0.6 is 35.3 Å². The van der Waals surface area contributed by atoms with Gasteiger partial charge in [-0.1, -0.05) is 13.8 Å². The lowest BCUT2D eigenvalue weighted by molar-refractivity contribution is 0.159. The van der Waals surface area contributed by atoms with Gasteiger partial charge >= 0.3 is 0 Å². The lowest BCUT2D eigenvalue weighted by Gasteiger charge is -2.38. The minimum absolute atomic E-state index is 0. The molecule has 1 unspecified atom stereocenters. The molecule has 0 aliphatic carbocycles. The molecule has 0 radical (unpaired) electrons. The van der Waals surface area contributed by atoms with Crippen molar-refractivity contribution in [2.75, 3.05) is 64.3 Å². The summed E-state index contributed by atoms with van der Waals surface area (Å²) in [5.41, 5.74) is 0. The zero-order valence-corrected chi connectivity index (χ0v) is 20.2. The minimum Gasteiger partial charge on any atom is -0.360 e. The van der Waals surface area contributed by atoms with Gasteiger partial charge in [0, 0.05) is 52.9 Å². The Morgan fingerprint density at radius 3 is 2.67 bits per heavy atom. The number of anilines is 1. The molecule has 2 aliphatic rings. The van der Waals surface area contributed by atoms with Gasteiger partial charge in [-0.05, 0) is 48.7 Å². The zero-order chi connectivity index (χ0) is 18.4. The molecule has 27 heavy (non-hydrogen) atoms. The van der Waals surface area contributed by atoms with Gasteiger partial charge < -0.3 is 20.0 Å². The van der Waals surface area contributed by atoms with Crippen LogP contribution in [0.2, 0.25) is 0 Å². The van der Waals surface area contributed by atoms with Crippen molar-refractivity contribution >= 4 is 46.3 Å². The summed E-state index contributed by atoms with van der Waals surface area (Å²) in [6.07, 6.45) is 2.67. The van der Waals surface area contributed by atoms with Gasteiger partial charge in [-0.15, -0.1) is 35.3 Å². The molecule has 2 aliphatic heterocycles. The number of nitrogens with zero attached hydrogens (tertiary/aromatic N) is 4. The molecule has 0 saturated carbocycles. The monoisotopic (exact) mass is 505 g/mol. The van der Waals surface area contributed by atoms with Gasteiger partial charge in [0.1, 0.15) is 0 Å². The molecule has 7 heteroatoms. The Morgan fingerprint density at radius 1 is 1.26 bits per heavy atom. The first kappa shape index (κ1) is 22.7. The Bertz CT molecular complexity index is 555. The van der Waals surface area contributed by atoms with Gasteiger partial charge in [0.15, 0.2) is 5.96 Å². The van der Waals surface area contributed by atoms with Crippen LogP contribution in [0.15, 0.2) is 22.5 Å². The molecule has 2 saturated heterocycles. The average Bonchev–Trinajstić information content (AvgIpc) is 3.17. The molecule has 5 nitrogen and oxygen atoms in total. The van der Waals surface area contributed by atoms with Crippen LogP contribution in [-0.4, -0.2) is 75.2 Å². The Balaban J connectivity index is 0.00000261. The number of piperidine rings is 1. The number of rotatable bonds is 5. The fourth-order valence-electron chi connectivity index (χ4n) is 4.16. The highest BCUT2D eigenvalue weighted by atomic mass is 127. The summed E-state index contributed by atoms with van der Waals surface area (Å²) in [6, 6.07) is 4.36. The second kappa shape index (κ2) is 11.5. The van der Waals surface area contributed by atoms with Crippen molar-refractivity contribution in [2.24, 2.45) is 16.8 Å². The molecule has 0 spiro atoms. The molecule has 0 amide bonds. The van der Waals surface area contributed by atoms with Crippen molar-refractivity contribution in [1.29, 1.82) is 0 Å². The first-order chi connectivity index (χ1) is 12.7. The van der Waals surface area contributed by atoms with Crippen molar-refractivity contribution < 1.29 is 0 Å². The Kier molecular flexibility index (Phi) is 9.65. The normalized spacial score (nSPS) is 22.1. The van der Waals surface area contributed by atoms with Crippen LogP contribution in [0.25, 0.3) is 0 Å². The number of hydrogen-bond donors (Lipinski definition) is 1. The van der Waals surface area contributed by atoms with E-state index in [1.807, 2.05) is 18.4 Å². The van der Waals surface area contributed by atoms with E-state index in [-0.39, 0.29) is 24.0 Å². The van der Waals surface area contributed by atoms with Gasteiger partial charge in [0.05, 0.1) is 5.00 Å². The standard InChI is InChI=1S/C20H35N5S.HI/c1-17(2)15-23-8-4-6-18(16-23)14-22-20(21-3)25-11-9-24(10-12-25)19-7-5-13-26-19;/h5,7,13,17-18H,4,6,8-12,14-16H2,1-3H3,(H,21,22);1H. The fourth-order valence-corrected chi connectivity index (χ4v) is 4.94. The van der Waals surface area contributed by atoms with E-state index in [0.29, 0.717) is 0 Å². The second-order valence-electron chi connectivity index (χ2n) is 8.02. The highest BCUT2D eigenvalue weighted by Gasteiger charge is 2.23. The van der Waals surface area contributed by atoms with E-state index in [0.717, 1.165) is 50.5 Å². The highest BCUT2D eigenvalue weighted by Crippen LogP contribution is 2.22. The van der Waals surface area contributed by atoms with Crippen LogP contribution in [0.3, 0.4) is 0 Å². The first-order valence-electron chi connectivity index (χ1n) is 10.1. The van der Waals surface area contributed by atoms with Crippen molar-refractivity contribution in [3.8, 4) is 0 Å². The van der Waals surface area contributed by atoms with E-state index in [9.17, 15) is 0 Å². The summed E-state index contributed by atoms with van der Waals surface area (Å²) in [7, 11) is 1.92. The van der Waals surface area contributed by atoms with E-state index in [1.165, 1.54) is 37.5 Å². The van der Waals surface area contributed by atoms with E-state index >= 15 is 0 Å². The number of nitrogens with one attached hydrogen (secondary N) is 1. The number of likely N-dealkylation sites (tertiary alicyclic amines) is 1. The van der Waals surface area contributed by atoms with Crippen LogP contribution in [0.1, 0.15) is 26.7 Å². The average molecular weight is 506 g/mol. The van der Waals surface area contributed by atoms with Crippen molar-refractivity contribution in [3.63, 3.8) is 0 Å². The third-order valence-electron chi connectivity index (χ3n) is 5.38. The van der Waals surface area contributed by atoms with Crippen molar-refractivity contribution in [3.05, 3.63) is 17.5 Å². The largest absolute Gasteiger partial charge is 0.360 e. The summed E-state index contributed by atoms with van der Waals surface area (Å²) in [5, 5.41) is 7.22. The van der Waals surface area contributed by atoms with E-state index in [2.05, 4.69) is 56.4 Å². The molecule has 2 fully saturated rings. The maximum atomic E-state index is 4.55. The Morgan fingerprint density at radius 2 is 2.04 bits per heavy atom. The van der Waals surface area contributed by atoms with Gasteiger partial charge in [0.2, 0.25) is 0 Å². The number of hydrogen-bond acceptors (Lipinski definition) is 4. The molecule has 1 aromatic heterocycles. The number of aliphatic imine (C=N–C) groups is 1. The summed E-state index contributed by atoms with van der Waals surface area (Å²) >= 11 is 1.83. The molecule has 154 valence electrons. The van der Waals surface area contributed by atoms with Gasteiger partial charge in [-0.3, -0.25) is 4.99 Å². The quantitative estimate of drug-likeness (QED) is 0.378. The maximum absolute atomic E-state index is 4.55. The van der Waals surface area contributed by atoms with Crippen LogP contribution in [0.5, 0.6) is 0 Å². The summed E-state index contributed by atoms with van der Waals surface area (Å²) in [4.78, 5) is 12.1. The predicted molar refractivity (Wildman–Crippen MR) is 129 cm³/mol. The Hall–Kier alpha value is -0.540. The van der Waals surface area contributed by atoms with Crippen LogP contribution in [0.4, 0.5) is 5.00 Å². The topological polar surface area (TPSA) is 34.1 Å². The van der Waals surface area contributed by atoms with Gasteiger partial charge in [-0.25, -0.2) is 0 Å². The zero-order valence-electron chi connectivity index (χ0n) is 17.1. The lowest BCUT2D eigenvalue weighted by atomic mass is 9.97. The van der Waals surface area contributed by atoms with Crippen molar-refractivity contribution in [2.45, 2.75) is 26.7 Å². The number of piperazine rings is 1. The molecule has 1 aromatic rings. The van der Waals surface area contributed by atoms with E-state index in [1.54, 1.807) is 0 Å². The van der Waals surface area contributed by atoms with Gasteiger partial charge in [0.25, 0.3) is 0 Å². The molecule has 1 N–H and O–H groups in total. The van der Waals surface area contributed by atoms with E-state index in [4.69, 9.17) is 0 Å². The molecule has 3 rings (SSSR count). The number of thiophene rings is 1. The van der Waals surface area contributed by atoms with E-state index < -0.39 is 0 Å². The second-order valence-corrected chi connectivity index (χ2v) is 8.94. The predicted octanol–water partition coefficient (Wildman–Crippen LogP) is 3.43. The smallest absolute Gasteiger partial charge is 0.193 e. The summed E-state index contributed by atoms with van der Waals surface area (Å²) < 4.78 is 0. The molecule has 0 aromatic carbocycles. The number of guanidine groups is 1. The van der Waals surface area contributed by atoms with Crippen molar-refractivity contribution in [1.82, 2.24) is 15.1 Å². The van der Waals surface area contributed by atoms with Crippen LogP contribution in [0, 0.1) is 11.8 Å². The first-order valence-corrected chi connectivity index (χ1v) is 11.0. The number of halogens is 1. The molecular weight excluding hydrogens is 469 g/mol. The van der Waals surface area contributed by atoms with Gasteiger partial charge in [-0.2, -0.15) is 0 Å². The Labute approximate surface area is 186 Å². The van der Waals surface area contributed by atoms with Crippen LogP contribution in [-0.2, 0) is 0 Å². The summed E-state index contributed by atoms with van der Waals surface area (Å²) in [6.45, 7) is 13.7. The minimum atomic E-state index is 0. The molecular formula is C20H36IN5S. The molecule has 0 bridgehead atoms. The van der Waals surface area contributed by atoms with Crippen LogP contribution < -0.4 is 10.2 Å². The SMILES string of the molecule is CN=C(NCC1CCCN(CC(C)C)C1)N1CCN(c2cccs2)CC1.I. The molecule has 3 heterocycles. The third-order valence-corrected chi connectivity index (χ3v) is 6.31. The summed E-state index contributed by atoms with van der Waals surface area (Å²) in [5.74, 6) is 2.58. The maximum Gasteiger partial charge on any atom is 0.193 e. The third kappa shape index (κ3) is 6.78. The fraction of sp³-hybridized carbons (Fsp3) is 0.750. The lowest BCUT2D eigenvalue weighted by Crippen LogP contribution is -2.53. The highest BCUT2D eigenvalue weighted by molar-refractivity contribution is 14.0.